The molecule has 1 aromatic rings. The summed E-state index contributed by atoms with van der Waals surface area (Å²) in [6.07, 6.45) is 1.55. The van der Waals surface area contributed by atoms with Crippen molar-refractivity contribution in [3.05, 3.63) is 23.7 Å². The van der Waals surface area contributed by atoms with Gasteiger partial charge in [-0.1, -0.05) is 0 Å². The quantitative estimate of drug-likeness (QED) is 0.811. The normalized spacial score (nSPS) is 12.1. The minimum atomic E-state index is -0.730. The summed E-state index contributed by atoms with van der Waals surface area (Å²) in [5.41, 5.74) is -0.637. The first kappa shape index (κ1) is 14.8. The molecule has 0 unspecified atom stereocenters. The molecule has 1 aromatic heterocycles. The van der Waals surface area contributed by atoms with Gasteiger partial charge >= 0.3 is 5.97 Å². The van der Waals surface area contributed by atoms with Crippen LogP contribution < -0.4 is 0 Å². The minimum Gasteiger partial charge on any atom is -0.481 e. The Labute approximate surface area is 109 Å². The zero-order valence-corrected chi connectivity index (χ0v) is 11.7. The van der Waals surface area contributed by atoms with Gasteiger partial charge in [0.15, 0.2) is 0 Å². The van der Waals surface area contributed by atoms with Gasteiger partial charge in [-0.2, -0.15) is 0 Å². The number of carboxylic acid groups (broad SMARTS) is 1. The molecule has 0 saturated heterocycles. The molecule has 0 fully saturated rings. The number of aryl methyl sites for hydroxylation is 1. The highest BCUT2D eigenvalue weighted by Gasteiger charge is 2.26. The standard InChI is InChI=1S/C14H23NO3/c1-11-6-7-12(18-11)10-15(4)9-5-8-14(2,3)13(16)17/h6-7H,5,8-10H2,1-4H3,(H,16,17). The molecule has 0 aliphatic heterocycles. The van der Waals surface area contributed by atoms with E-state index >= 15 is 0 Å². The number of nitrogens with zero attached hydrogens (tertiary/aromatic N) is 1. The summed E-state index contributed by atoms with van der Waals surface area (Å²) >= 11 is 0. The lowest BCUT2D eigenvalue weighted by Gasteiger charge is -2.21. The van der Waals surface area contributed by atoms with Gasteiger partial charge in [-0.3, -0.25) is 9.69 Å². The van der Waals surface area contributed by atoms with Crippen LogP contribution in [0.3, 0.4) is 0 Å². The van der Waals surface area contributed by atoms with Gasteiger partial charge in [0.1, 0.15) is 11.5 Å². The van der Waals surface area contributed by atoms with E-state index in [1.54, 1.807) is 13.8 Å². The second-order valence-electron chi connectivity index (χ2n) is 5.54. The van der Waals surface area contributed by atoms with Gasteiger partial charge in [0, 0.05) is 0 Å². The molecule has 0 aliphatic carbocycles. The van der Waals surface area contributed by atoms with Crippen molar-refractivity contribution < 1.29 is 14.3 Å². The van der Waals surface area contributed by atoms with Gasteiger partial charge in [-0.15, -0.1) is 0 Å². The molecule has 0 aliphatic rings. The Hall–Kier alpha value is -1.29. The molecule has 1 heterocycles. The maximum atomic E-state index is 11.0. The third-order valence-corrected chi connectivity index (χ3v) is 3.14. The Morgan fingerprint density at radius 1 is 1.44 bits per heavy atom. The molecule has 0 spiro atoms. The highest BCUT2D eigenvalue weighted by Crippen LogP contribution is 2.22. The molecule has 0 atom stereocenters. The van der Waals surface area contributed by atoms with Gasteiger partial charge in [-0.25, -0.2) is 0 Å². The van der Waals surface area contributed by atoms with Crippen molar-refractivity contribution >= 4 is 5.97 Å². The number of hydrogen-bond donors (Lipinski definition) is 1. The summed E-state index contributed by atoms with van der Waals surface area (Å²) < 4.78 is 5.50. The number of hydrogen-bond acceptors (Lipinski definition) is 3. The lowest BCUT2D eigenvalue weighted by molar-refractivity contribution is -0.147. The molecule has 1 N–H and O–H groups in total. The highest BCUT2D eigenvalue weighted by atomic mass is 16.4. The zero-order chi connectivity index (χ0) is 13.8. The largest absolute Gasteiger partial charge is 0.481 e. The second kappa shape index (κ2) is 6.05. The van der Waals surface area contributed by atoms with E-state index in [4.69, 9.17) is 9.52 Å². The van der Waals surface area contributed by atoms with E-state index in [1.165, 1.54) is 0 Å². The van der Waals surface area contributed by atoms with Crippen LogP contribution in [0.4, 0.5) is 0 Å². The Balaban J connectivity index is 2.29. The molecular formula is C14H23NO3. The molecule has 4 heteroatoms. The van der Waals surface area contributed by atoms with E-state index in [-0.39, 0.29) is 0 Å². The van der Waals surface area contributed by atoms with Crippen LogP contribution in [0.2, 0.25) is 0 Å². The fraction of sp³-hybridized carbons (Fsp3) is 0.643. The molecule has 102 valence electrons. The molecule has 1 rings (SSSR count). The van der Waals surface area contributed by atoms with Crippen molar-refractivity contribution in [1.82, 2.24) is 4.90 Å². The molecule has 18 heavy (non-hydrogen) atoms. The van der Waals surface area contributed by atoms with Crippen LogP contribution in [0, 0.1) is 12.3 Å². The van der Waals surface area contributed by atoms with Gasteiger partial charge in [-0.05, 0) is 59.3 Å². The smallest absolute Gasteiger partial charge is 0.309 e. The summed E-state index contributed by atoms with van der Waals surface area (Å²) in [5, 5.41) is 9.02. The van der Waals surface area contributed by atoms with Gasteiger partial charge < -0.3 is 9.52 Å². The fourth-order valence-electron chi connectivity index (χ4n) is 1.81. The number of carboxylic acids is 1. The summed E-state index contributed by atoms with van der Waals surface area (Å²) in [6.45, 7) is 7.10. The molecule has 0 radical (unpaired) electrons. The molecule has 0 amide bonds. The van der Waals surface area contributed by atoms with Gasteiger partial charge in [0.05, 0.1) is 12.0 Å². The Bertz CT molecular complexity index is 395. The minimum absolute atomic E-state index is 0.637. The van der Waals surface area contributed by atoms with Crippen LogP contribution in [0.25, 0.3) is 0 Å². The van der Waals surface area contributed by atoms with Crippen molar-refractivity contribution in [3.8, 4) is 0 Å². The summed E-state index contributed by atoms with van der Waals surface area (Å²) in [6, 6.07) is 3.93. The summed E-state index contributed by atoms with van der Waals surface area (Å²) in [5.74, 6) is 1.14. The van der Waals surface area contributed by atoms with Crippen LogP contribution in [-0.4, -0.2) is 29.6 Å². The predicted molar refractivity (Wildman–Crippen MR) is 70.4 cm³/mol. The van der Waals surface area contributed by atoms with E-state index in [2.05, 4.69) is 4.90 Å². The molecular weight excluding hydrogens is 230 g/mol. The highest BCUT2D eigenvalue weighted by molar-refractivity contribution is 5.73. The lowest BCUT2D eigenvalue weighted by Crippen LogP contribution is -2.26. The van der Waals surface area contributed by atoms with Crippen LogP contribution in [0.1, 0.15) is 38.2 Å². The maximum Gasteiger partial charge on any atom is 0.309 e. The monoisotopic (exact) mass is 253 g/mol. The van der Waals surface area contributed by atoms with Crippen LogP contribution in [-0.2, 0) is 11.3 Å². The van der Waals surface area contributed by atoms with Crippen molar-refractivity contribution in [3.63, 3.8) is 0 Å². The first-order chi connectivity index (χ1) is 8.31. The van der Waals surface area contributed by atoms with Gasteiger partial charge in [0.25, 0.3) is 0 Å². The predicted octanol–water partition coefficient (Wildman–Crippen LogP) is 2.91. The maximum absolute atomic E-state index is 11.0. The SMILES string of the molecule is Cc1ccc(CN(C)CCCC(C)(C)C(=O)O)o1. The van der Waals surface area contributed by atoms with Crippen molar-refractivity contribution in [2.24, 2.45) is 5.41 Å². The Kier molecular flexibility index (Phi) is 4.96. The fourth-order valence-corrected chi connectivity index (χ4v) is 1.81. The number of rotatable bonds is 7. The van der Waals surface area contributed by atoms with Gasteiger partial charge in [0.2, 0.25) is 0 Å². The molecule has 0 saturated carbocycles. The number of aliphatic carboxylic acids is 1. The third-order valence-electron chi connectivity index (χ3n) is 3.14. The van der Waals surface area contributed by atoms with Crippen molar-refractivity contribution in [2.45, 2.75) is 40.2 Å². The zero-order valence-electron chi connectivity index (χ0n) is 11.7. The van der Waals surface area contributed by atoms with E-state index in [1.807, 2.05) is 26.1 Å². The van der Waals surface area contributed by atoms with E-state index in [9.17, 15) is 4.79 Å². The summed E-state index contributed by atoms with van der Waals surface area (Å²) in [7, 11) is 2.02. The number of carbonyl (C=O) groups is 1. The topological polar surface area (TPSA) is 53.7 Å². The average molecular weight is 253 g/mol. The van der Waals surface area contributed by atoms with Crippen LogP contribution in [0.5, 0.6) is 0 Å². The Morgan fingerprint density at radius 3 is 2.61 bits per heavy atom. The third kappa shape index (κ3) is 4.53. The number of furan rings is 1. The van der Waals surface area contributed by atoms with Crippen LogP contribution >= 0.6 is 0 Å². The lowest BCUT2D eigenvalue weighted by atomic mass is 9.88. The second-order valence-corrected chi connectivity index (χ2v) is 5.54. The van der Waals surface area contributed by atoms with Crippen molar-refractivity contribution in [1.29, 1.82) is 0 Å². The first-order valence-corrected chi connectivity index (χ1v) is 6.28. The molecule has 0 bridgehead atoms. The first-order valence-electron chi connectivity index (χ1n) is 6.28. The average Bonchev–Trinajstić information content (AvgIpc) is 2.63. The van der Waals surface area contributed by atoms with E-state index < -0.39 is 11.4 Å². The Morgan fingerprint density at radius 2 is 2.11 bits per heavy atom. The van der Waals surface area contributed by atoms with E-state index in [0.29, 0.717) is 6.42 Å². The molecule has 4 nitrogen and oxygen atoms in total. The van der Waals surface area contributed by atoms with Crippen molar-refractivity contribution in [2.75, 3.05) is 13.6 Å². The van der Waals surface area contributed by atoms with Crippen LogP contribution in [0.15, 0.2) is 16.5 Å². The van der Waals surface area contributed by atoms with E-state index in [0.717, 1.165) is 31.0 Å². The summed E-state index contributed by atoms with van der Waals surface area (Å²) in [4.78, 5) is 13.1. The molecule has 0 aromatic carbocycles.